The van der Waals surface area contributed by atoms with Gasteiger partial charge in [0.15, 0.2) is 5.78 Å². The molecule has 182 valence electrons. The molecule has 0 radical (unpaired) electrons. The lowest BCUT2D eigenvalue weighted by Crippen LogP contribution is -2.48. The molecule has 10 heteroatoms. The van der Waals surface area contributed by atoms with Crippen molar-refractivity contribution >= 4 is 35.5 Å². The van der Waals surface area contributed by atoms with E-state index in [4.69, 9.17) is 15.2 Å². The van der Waals surface area contributed by atoms with Gasteiger partial charge >= 0.3 is 17.9 Å². The Kier molecular flexibility index (Phi) is 8.67. The van der Waals surface area contributed by atoms with Crippen molar-refractivity contribution < 1.29 is 33.8 Å². The number of ether oxygens (including phenoxy) is 2. The van der Waals surface area contributed by atoms with Gasteiger partial charge in [-0.2, -0.15) is 0 Å². The summed E-state index contributed by atoms with van der Waals surface area (Å²) in [5.74, 6) is -3.87. The maximum absolute atomic E-state index is 12.7. The van der Waals surface area contributed by atoms with Crippen molar-refractivity contribution in [2.24, 2.45) is 17.1 Å². The number of hydrogen-bond acceptors (Lipinski definition) is 9. The number of ketones is 1. The molecular weight excluding hydrogens is 448 g/mol. The molecule has 1 heterocycles. The Labute approximate surface area is 197 Å². The largest absolute Gasteiger partial charge is 0.481 e. The first-order chi connectivity index (χ1) is 15.2. The van der Waals surface area contributed by atoms with Crippen LogP contribution in [0.3, 0.4) is 0 Å². The van der Waals surface area contributed by atoms with Crippen LogP contribution in [0, 0.1) is 11.3 Å². The van der Waals surface area contributed by atoms with Crippen LogP contribution in [-0.4, -0.2) is 51.8 Å². The summed E-state index contributed by atoms with van der Waals surface area (Å²) >= 11 is 1.24. The quantitative estimate of drug-likeness (QED) is 0.355. The van der Waals surface area contributed by atoms with E-state index in [1.54, 1.807) is 65.0 Å². The van der Waals surface area contributed by atoms with Crippen molar-refractivity contribution in [1.82, 2.24) is 5.32 Å². The van der Waals surface area contributed by atoms with Gasteiger partial charge in [-0.3, -0.25) is 24.5 Å². The van der Waals surface area contributed by atoms with E-state index in [9.17, 15) is 24.3 Å². The van der Waals surface area contributed by atoms with Gasteiger partial charge in [0, 0.05) is 11.2 Å². The van der Waals surface area contributed by atoms with Crippen LogP contribution in [0.5, 0.6) is 0 Å². The van der Waals surface area contributed by atoms with Gasteiger partial charge in [-0.1, -0.05) is 30.3 Å². The second-order valence-corrected chi connectivity index (χ2v) is 11.3. The Balaban J connectivity index is 2.03. The number of esters is 2. The first-order valence-electron chi connectivity index (χ1n) is 10.6. The van der Waals surface area contributed by atoms with Crippen LogP contribution in [0.1, 0.15) is 52.6 Å². The fraction of sp³-hybridized carbons (Fsp3) is 0.565. The molecule has 33 heavy (non-hydrogen) atoms. The number of nitrogens with one attached hydrogen (secondary N) is 1. The summed E-state index contributed by atoms with van der Waals surface area (Å²) in [4.78, 5) is 49.2. The van der Waals surface area contributed by atoms with Crippen molar-refractivity contribution in [3.05, 3.63) is 35.9 Å². The lowest BCUT2D eigenvalue weighted by molar-refractivity contribution is -0.174. The summed E-state index contributed by atoms with van der Waals surface area (Å²) in [6.45, 7) is 8.04. The van der Waals surface area contributed by atoms with Gasteiger partial charge in [0.2, 0.25) is 6.79 Å². The van der Waals surface area contributed by atoms with E-state index in [1.807, 2.05) is 0 Å². The van der Waals surface area contributed by atoms with Crippen molar-refractivity contribution in [3.63, 3.8) is 0 Å². The van der Waals surface area contributed by atoms with Gasteiger partial charge in [-0.25, -0.2) is 0 Å². The second-order valence-electron chi connectivity index (χ2n) is 9.51. The van der Waals surface area contributed by atoms with E-state index >= 15 is 0 Å². The lowest BCUT2D eigenvalue weighted by atomic mass is 9.94. The number of benzene rings is 1. The summed E-state index contributed by atoms with van der Waals surface area (Å²) in [5.41, 5.74) is 5.91. The zero-order chi connectivity index (χ0) is 25.0. The smallest absolute Gasteiger partial charge is 0.327 e. The molecule has 1 fully saturated rings. The molecule has 4 N–H and O–H groups in total. The van der Waals surface area contributed by atoms with Crippen molar-refractivity contribution in [3.8, 4) is 0 Å². The molecule has 0 aromatic heterocycles. The van der Waals surface area contributed by atoms with E-state index in [-0.39, 0.29) is 6.42 Å². The molecule has 0 spiro atoms. The lowest BCUT2D eigenvalue weighted by Gasteiger charge is -2.23. The van der Waals surface area contributed by atoms with Gasteiger partial charge in [0.25, 0.3) is 0 Å². The summed E-state index contributed by atoms with van der Waals surface area (Å²) in [6, 6.07) is 6.92. The maximum Gasteiger partial charge on any atom is 0.327 e. The van der Waals surface area contributed by atoms with Crippen LogP contribution >= 0.6 is 11.8 Å². The molecule has 1 aromatic carbocycles. The van der Waals surface area contributed by atoms with Crippen LogP contribution in [-0.2, 0) is 28.7 Å². The number of rotatable bonds is 9. The number of nitrogens with two attached hydrogens (primary N) is 1. The second kappa shape index (κ2) is 10.7. The minimum Gasteiger partial charge on any atom is -0.481 e. The molecule has 1 aliphatic heterocycles. The molecule has 0 amide bonds. The predicted molar refractivity (Wildman–Crippen MR) is 123 cm³/mol. The minimum absolute atomic E-state index is 0.295. The maximum atomic E-state index is 12.7. The molecule has 0 aliphatic carbocycles. The minimum atomic E-state index is -1.17. The third kappa shape index (κ3) is 7.02. The van der Waals surface area contributed by atoms with Crippen molar-refractivity contribution in [1.29, 1.82) is 0 Å². The summed E-state index contributed by atoms with van der Waals surface area (Å²) in [5, 5.41) is 12.1. The fourth-order valence-corrected chi connectivity index (χ4v) is 4.83. The molecule has 1 saturated heterocycles. The molecule has 2 unspecified atom stereocenters. The Morgan fingerprint density at radius 2 is 1.76 bits per heavy atom. The highest BCUT2D eigenvalue weighted by atomic mass is 32.2. The Morgan fingerprint density at radius 1 is 1.15 bits per heavy atom. The number of carboxylic acids is 1. The molecule has 0 bridgehead atoms. The summed E-state index contributed by atoms with van der Waals surface area (Å²) < 4.78 is 9.34. The molecule has 0 saturated carbocycles. The van der Waals surface area contributed by atoms with Crippen LogP contribution in [0.15, 0.2) is 30.3 Å². The standard InChI is InChI=1S/C23H32N2O7S/c1-22(2,3)21(30)32-12-31-20(29)17-23(4,5)33-18(25-17)14(19(27)28)11-15(26)16(24)13-9-7-6-8-10-13/h6-10,14,16-18,25H,11-12,24H2,1-5H3,(H,27,28)/t14?,16-,17+,18?/m1/s1. The highest BCUT2D eigenvalue weighted by Crippen LogP contribution is 2.42. The van der Waals surface area contributed by atoms with E-state index < -0.39 is 64.0 Å². The summed E-state index contributed by atoms with van der Waals surface area (Å²) in [7, 11) is 0. The average molecular weight is 481 g/mol. The van der Waals surface area contributed by atoms with E-state index in [1.165, 1.54) is 11.8 Å². The summed E-state index contributed by atoms with van der Waals surface area (Å²) in [6.07, 6.45) is -0.295. The zero-order valence-corrected chi connectivity index (χ0v) is 20.3. The number of aliphatic carboxylic acids is 1. The Bertz CT molecular complexity index is 883. The normalized spacial score (nSPS) is 21.6. The van der Waals surface area contributed by atoms with E-state index in [0.29, 0.717) is 5.56 Å². The molecule has 9 nitrogen and oxygen atoms in total. The Hall–Kier alpha value is -2.43. The van der Waals surface area contributed by atoms with Crippen molar-refractivity contribution in [2.75, 3.05) is 6.79 Å². The van der Waals surface area contributed by atoms with Gasteiger partial charge in [0.05, 0.1) is 22.7 Å². The van der Waals surface area contributed by atoms with Gasteiger partial charge in [-0.15, -0.1) is 11.8 Å². The molecular formula is C23H32N2O7S. The number of hydrogen-bond donors (Lipinski definition) is 3. The number of thioether (sulfide) groups is 1. The topological polar surface area (TPSA) is 145 Å². The molecule has 4 atom stereocenters. The number of Topliss-reactive ketones (excluding diaryl/α,β-unsaturated/α-hetero) is 1. The third-order valence-corrected chi connectivity index (χ3v) is 6.87. The van der Waals surface area contributed by atoms with Crippen LogP contribution < -0.4 is 11.1 Å². The van der Waals surface area contributed by atoms with Gasteiger partial charge in [0.1, 0.15) is 6.04 Å². The van der Waals surface area contributed by atoms with Crippen LogP contribution in [0.2, 0.25) is 0 Å². The average Bonchev–Trinajstić information content (AvgIpc) is 3.05. The van der Waals surface area contributed by atoms with E-state index in [0.717, 1.165) is 0 Å². The van der Waals surface area contributed by atoms with Crippen LogP contribution in [0.4, 0.5) is 0 Å². The zero-order valence-electron chi connectivity index (χ0n) is 19.5. The highest BCUT2D eigenvalue weighted by Gasteiger charge is 2.50. The third-order valence-electron chi connectivity index (χ3n) is 5.31. The first-order valence-corrected chi connectivity index (χ1v) is 11.5. The number of carbonyl (C=O) groups is 4. The van der Waals surface area contributed by atoms with E-state index in [2.05, 4.69) is 5.32 Å². The van der Waals surface area contributed by atoms with Gasteiger partial charge < -0.3 is 20.3 Å². The Morgan fingerprint density at radius 3 is 2.30 bits per heavy atom. The molecule has 1 aromatic rings. The van der Waals surface area contributed by atoms with Gasteiger partial charge in [-0.05, 0) is 40.2 Å². The SMILES string of the molecule is CC(C)(C)C(=O)OCOC(=O)[C@@H]1NC(C(CC(=O)[C@H](N)c2ccccc2)C(=O)O)SC1(C)C. The molecule has 2 rings (SSSR count). The monoisotopic (exact) mass is 480 g/mol. The molecule has 1 aliphatic rings. The fourth-order valence-electron chi connectivity index (χ4n) is 3.30. The first kappa shape index (κ1) is 26.8. The predicted octanol–water partition coefficient (Wildman–Crippen LogP) is 2.25. The van der Waals surface area contributed by atoms with Crippen LogP contribution in [0.25, 0.3) is 0 Å². The number of carbonyl (C=O) groups excluding carboxylic acids is 3. The number of carboxylic acid groups (broad SMARTS) is 1. The van der Waals surface area contributed by atoms with Crippen molar-refractivity contribution in [2.45, 2.75) is 63.2 Å². The highest BCUT2D eigenvalue weighted by molar-refractivity contribution is 8.01.